The number of carbonyl (C=O) groups is 1. The molecule has 0 unspecified atom stereocenters. The highest BCUT2D eigenvalue weighted by molar-refractivity contribution is 5.73. The van der Waals surface area contributed by atoms with E-state index >= 15 is 0 Å². The van der Waals surface area contributed by atoms with Gasteiger partial charge in [0.1, 0.15) is 6.61 Å². The molecule has 0 saturated heterocycles. The molecule has 0 aliphatic carbocycles. The summed E-state index contributed by atoms with van der Waals surface area (Å²) in [6.45, 7) is 2.22. The Bertz CT molecular complexity index is 523. The van der Waals surface area contributed by atoms with E-state index < -0.39 is 0 Å². The predicted molar refractivity (Wildman–Crippen MR) is 68.9 cm³/mol. The van der Waals surface area contributed by atoms with Gasteiger partial charge in [0.25, 0.3) is 0 Å². The van der Waals surface area contributed by atoms with Gasteiger partial charge in [-0.2, -0.15) is 0 Å². The lowest BCUT2D eigenvalue weighted by Crippen LogP contribution is -2.09. The zero-order valence-electron chi connectivity index (χ0n) is 10.3. The summed E-state index contributed by atoms with van der Waals surface area (Å²) in [5.41, 5.74) is 2.87. The first-order chi connectivity index (χ1) is 8.75. The summed E-state index contributed by atoms with van der Waals surface area (Å²) in [4.78, 5) is 15.8. The molecule has 0 aliphatic rings. The molecule has 0 N–H and O–H groups in total. The van der Waals surface area contributed by atoms with E-state index in [1.54, 1.807) is 6.20 Å². The molecular weight excluding hydrogens is 226 g/mol. The Morgan fingerprint density at radius 1 is 1.17 bits per heavy atom. The van der Waals surface area contributed by atoms with Crippen molar-refractivity contribution < 1.29 is 9.53 Å². The average molecular weight is 241 g/mol. The van der Waals surface area contributed by atoms with Crippen LogP contribution in [-0.2, 0) is 22.6 Å². The molecule has 2 aromatic rings. The molecule has 0 saturated carbocycles. The van der Waals surface area contributed by atoms with Crippen LogP contribution < -0.4 is 0 Å². The first kappa shape index (κ1) is 12.3. The second kappa shape index (κ2) is 5.96. The first-order valence-corrected chi connectivity index (χ1v) is 5.86. The number of hydrogen-bond acceptors (Lipinski definition) is 3. The lowest BCUT2D eigenvalue weighted by atomic mass is 10.1. The van der Waals surface area contributed by atoms with Crippen molar-refractivity contribution in [3.8, 4) is 0 Å². The highest BCUT2D eigenvalue weighted by Crippen LogP contribution is 2.09. The van der Waals surface area contributed by atoms with Crippen LogP contribution in [0.4, 0.5) is 0 Å². The van der Waals surface area contributed by atoms with Crippen LogP contribution in [0, 0.1) is 6.92 Å². The molecule has 2 rings (SSSR count). The van der Waals surface area contributed by atoms with Gasteiger partial charge in [-0.15, -0.1) is 0 Å². The lowest BCUT2D eigenvalue weighted by Gasteiger charge is -2.06. The van der Waals surface area contributed by atoms with Gasteiger partial charge in [0.05, 0.1) is 12.1 Å². The first-order valence-electron chi connectivity index (χ1n) is 5.86. The summed E-state index contributed by atoms with van der Waals surface area (Å²) < 4.78 is 5.19. The van der Waals surface area contributed by atoms with E-state index in [-0.39, 0.29) is 12.6 Å². The summed E-state index contributed by atoms with van der Waals surface area (Å²) >= 11 is 0. The van der Waals surface area contributed by atoms with Crippen molar-refractivity contribution in [2.45, 2.75) is 20.0 Å². The van der Waals surface area contributed by atoms with Gasteiger partial charge in [0, 0.05) is 6.20 Å². The number of aryl methyl sites for hydroxylation is 1. The number of pyridine rings is 1. The molecule has 3 heteroatoms. The zero-order valence-corrected chi connectivity index (χ0v) is 10.3. The maximum Gasteiger partial charge on any atom is 0.310 e. The van der Waals surface area contributed by atoms with Crippen molar-refractivity contribution in [2.24, 2.45) is 0 Å². The van der Waals surface area contributed by atoms with E-state index in [4.69, 9.17) is 4.74 Å². The Kier molecular flexibility index (Phi) is 4.07. The fraction of sp³-hybridized carbons (Fsp3) is 0.200. The van der Waals surface area contributed by atoms with Gasteiger partial charge in [0.2, 0.25) is 0 Å². The third-order valence-electron chi connectivity index (χ3n) is 2.70. The highest BCUT2D eigenvalue weighted by atomic mass is 16.5. The van der Waals surface area contributed by atoms with Crippen molar-refractivity contribution in [1.29, 1.82) is 0 Å². The topological polar surface area (TPSA) is 39.2 Å². The Balaban J connectivity index is 1.88. The van der Waals surface area contributed by atoms with E-state index in [9.17, 15) is 4.79 Å². The Hall–Kier alpha value is -2.16. The van der Waals surface area contributed by atoms with Crippen molar-refractivity contribution in [3.63, 3.8) is 0 Å². The molecule has 0 bridgehead atoms. The molecule has 0 amide bonds. The quantitative estimate of drug-likeness (QED) is 0.772. The van der Waals surface area contributed by atoms with Gasteiger partial charge < -0.3 is 4.74 Å². The zero-order chi connectivity index (χ0) is 12.8. The smallest absolute Gasteiger partial charge is 0.310 e. The summed E-state index contributed by atoms with van der Waals surface area (Å²) in [6.07, 6.45) is 1.99. The van der Waals surface area contributed by atoms with Gasteiger partial charge in [-0.1, -0.05) is 30.3 Å². The van der Waals surface area contributed by atoms with Crippen LogP contribution >= 0.6 is 0 Å². The van der Waals surface area contributed by atoms with Crippen molar-refractivity contribution in [3.05, 3.63) is 65.5 Å². The van der Waals surface area contributed by atoms with Gasteiger partial charge in [0.15, 0.2) is 0 Å². The van der Waals surface area contributed by atoms with Crippen LogP contribution in [0.15, 0.2) is 48.7 Å². The lowest BCUT2D eigenvalue weighted by molar-refractivity contribution is -0.144. The molecule has 0 fully saturated rings. The number of aromatic nitrogens is 1. The molecule has 0 aliphatic heterocycles. The molecule has 18 heavy (non-hydrogen) atoms. The highest BCUT2D eigenvalue weighted by Gasteiger charge is 2.07. The standard InChI is InChI=1S/C15H15NO2/c1-12-6-2-3-7-13(12)10-15(17)18-11-14-8-4-5-9-16-14/h2-9H,10-11H2,1H3. The van der Waals surface area contributed by atoms with Crippen LogP contribution in [0.25, 0.3) is 0 Å². The minimum absolute atomic E-state index is 0.227. The van der Waals surface area contributed by atoms with Crippen LogP contribution in [0.1, 0.15) is 16.8 Å². The van der Waals surface area contributed by atoms with Crippen molar-refractivity contribution in [2.75, 3.05) is 0 Å². The molecule has 92 valence electrons. The van der Waals surface area contributed by atoms with Gasteiger partial charge in [-0.25, -0.2) is 0 Å². The normalized spacial score (nSPS) is 10.1. The molecular formula is C15H15NO2. The Morgan fingerprint density at radius 2 is 1.94 bits per heavy atom. The van der Waals surface area contributed by atoms with Gasteiger partial charge in [-0.05, 0) is 30.2 Å². The molecule has 1 aromatic heterocycles. The number of benzene rings is 1. The number of hydrogen-bond donors (Lipinski definition) is 0. The monoisotopic (exact) mass is 241 g/mol. The second-order valence-corrected chi connectivity index (χ2v) is 4.09. The van der Waals surface area contributed by atoms with Gasteiger partial charge >= 0.3 is 5.97 Å². The van der Waals surface area contributed by atoms with Crippen LogP contribution in [0.2, 0.25) is 0 Å². The molecule has 1 aromatic carbocycles. The van der Waals surface area contributed by atoms with E-state index in [1.165, 1.54) is 0 Å². The molecule has 0 spiro atoms. The minimum Gasteiger partial charge on any atom is -0.459 e. The van der Waals surface area contributed by atoms with E-state index in [1.807, 2.05) is 49.4 Å². The Labute approximate surface area is 106 Å². The van der Waals surface area contributed by atoms with Crippen molar-refractivity contribution >= 4 is 5.97 Å². The number of esters is 1. The van der Waals surface area contributed by atoms with Crippen molar-refractivity contribution in [1.82, 2.24) is 4.98 Å². The number of carbonyl (C=O) groups excluding carboxylic acids is 1. The predicted octanol–water partition coefficient (Wildman–Crippen LogP) is 2.68. The van der Waals surface area contributed by atoms with E-state index in [0.717, 1.165) is 16.8 Å². The maximum atomic E-state index is 11.7. The molecule has 1 heterocycles. The minimum atomic E-state index is -0.227. The molecule has 0 atom stereocenters. The fourth-order valence-corrected chi connectivity index (χ4v) is 1.65. The summed E-state index contributed by atoms with van der Waals surface area (Å²) in [5, 5.41) is 0. The van der Waals surface area contributed by atoms with Crippen LogP contribution in [0.3, 0.4) is 0 Å². The third kappa shape index (κ3) is 3.42. The maximum absolute atomic E-state index is 11.7. The number of rotatable bonds is 4. The number of ether oxygens (including phenoxy) is 1. The largest absolute Gasteiger partial charge is 0.459 e. The van der Waals surface area contributed by atoms with Crippen LogP contribution in [0.5, 0.6) is 0 Å². The Morgan fingerprint density at radius 3 is 2.67 bits per heavy atom. The molecule has 0 radical (unpaired) electrons. The fourth-order valence-electron chi connectivity index (χ4n) is 1.65. The summed E-state index contributed by atoms with van der Waals surface area (Å²) in [5.74, 6) is -0.227. The number of nitrogens with zero attached hydrogens (tertiary/aromatic N) is 1. The summed E-state index contributed by atoms with van der Waals surface area (Å²) in [6, 6.07) is 13.3. The summed E-state index contributed by atoms with van der Waals surface area (Å²) in [7, 11) is 0. The average Bonchev–Trinajstić information content (AvgIpc) is 2.40. The third-order valence-corrected chi connectivity index (χ3v) is 2.70. The molecule has 3 nitrogen and oxygen atoms in total. The second-order valence-electron chi connectivity index (χ2n) is 4.09. The SMILES string of the molecule is Cc1ccccc1CC(=O)OCc1ccccn1. The van der Waals surface area contributed by atoms with E-state index in [2.05, 4.69) is 4.98 Å². The van der Waals surface area contributed by atoms with Gasteiger partial charge in [-0.3, -0.25) is 9.78 Å². The van der Waals surface area contributed by atoms with E-state index in [0.29, 0.717) is 6.42 Å². The van der Waals surface area contributed by atoms with Crippen LogP contribution in [-0.4, -0.2) is 11.0 Å².